The standard InChI is InChI=1S/C17H16F2N4O5S2/c1-3-30(25,26)23(11-6-4-5-10(7-11)17(24)27-2)9-13-20-8-12(29-13)15-21-22-16(28-15)14(18)19/h4-8,14H,3,9H2,1-2H3. The number of thiazole rings is 1. The van der Waals surface area contributed by atoms with E-state index in [0.29, 0.717) is 9.88 Å². The summed E-state index contributed by atoms with van der Waals surface area (Å²) in [5.74, 6) is -1.73. The molecule has 30 heavy (non-hydrogen) atoms. The maximum Gasteiger partial charge on any atom is 0.337 e. The van der Waals surface area contributed by atoms with Gasteiger partial charge in [0.05, 0.1) is 36.9 Å². The van der Waals surface area contributed by atoms with Gasteiger partial charge in [-0.2, -0.15) is 8.78 Å². The van der Waals surface area contributed by atoms with Gasteiger partial charge >= 0.3 is 12.4 Å². The van der Waals surface area contributed by atoms with Crippen LogP contribution in [-0.2, 0) is 21.3 Å². The Morgan fingerprint density at radius 1 is 1.33 bits per heavy atom. The first-order valence-electron chi connectivity index (χ1n) is 8.50. The Kier molecular flexibility index (Phi) is 6.41. The molecule has 0 fully saturated rings. The number of alkyl halides is 2. The highest BCUT2D eigenvalue weighted by molar-refractivity contribution is 7.92. The van der Waals surface area contributed by atoms with Gasteiger partial charge in [-0.15, -0.1) is 21.5 Å². The van der Waals surface area contributed by atoms with Crippen LogP contribution in [0.1, 0.15) is 34.6 Å². The fourth-order valence-electron chi connectivity index (χ4n) is 2.44. The van der Waals surface area contributed by atoms with E-state index in [-0.39, 0.29) is 29.4 Å². The summed E-state index contributed by atoms with van der Waals surface area (Å²) in [5.41, 5.74) is 0.450. The first kappa shape index (κ1) is 21.8. The predicted octanol–water partition coefficient (Wildman–Crippen LogP) is 3.27. The fraction of sp³-hybridized carbons (Fsp3) is 0.294. The van der Waals surface area contributed by atoms with Crippen molar-refractivity contribution in [3.8, 4) is 10.8 Å². The van der Waals surface area contributed by atoms with Gasteiger partial charge in [0.2, 0.25) is 10.0 Å². The molecule has 2 aromatic heterocycles. The Morgan fingerprint density at radius 2 is 2.10 bits per heavy atom. The highest BCUT2D eigenvalue weighted by atomic mass is 32.2. The summed E-state index contributed by atoms with van der Waals surface area (Å²) in [4.78, 5) is 16.3. The van der Waals surface area contributed by atoms with Crippen molar-refractivity contribution >= 4 is 33.0 Å². The number of benzene rings is 1. The van der Waals surface area contributed by atoms with Crippen molar-refractivity contribution in [2.75, 3.05) is 17.2 Å². The van der Waals surface area contributed by atoms with E-state index < -0.39 is 28.3 Å². The summed E-state index contributed by atoms with van der Waals surface area (Å²) in [7, 11) is -2.50. The average molecular weight is 458 g/mol. The molecule has 0 aliphatic carbocycles. The Hall–Kier alpha value is -2.93. The van der Waals surface area contributed by atoms with Gasteiger partial charge in [0, 0.05) is 0 Å². The van der Waals surface area contributed by atoms with Crippen LogP contribution in [0.25, 0.3) is 10.8 Å². The van der Waals surface area contributed by atoms with Crippen molar-refractivity contribution in [1.29, 1.82) is 0 Å². The van der Waals surface area contributed by atoms with Crippen LogP contribution in [0.3, 0.4) is 0 Å². The van der Waals surface area contributed by atoms with Gasteiger partial charge in [-0.05, 0) is 25.1 Å². The normalized spacial score (nSPS) is 11.6. The fourth-order valence-corrected chi connectivity index (χ4v) is 4.41. The van der Waals surface area contributed by atoms with Crippen LogP contribution in [-0.4, -0.2) is 42.4 Å². The number of nitrogens with zero attached hydrogens (tertiary/aromatic N) is 4. The van der Waals surface area contributed by atoms with Crippen LogP contribution in [0, 0.1) is 0 Å². The van der Waals surface area contributed by atoms with Gasteiger partial charge < -0.3 is 9.15 Å². The van der Waals surface area contributed by atoms with Crippen LogP contribution >= 0.6 is 11.3 Å². The zero-order valence-electron chi connectivity index (χ0n) is 15.8. The van der Waals surface area contributed by atoms with Crippen LogP contribution in [0.15, 0.2) is 34.9 Å². The van der Waals surface area contributed by atoms with E-state index in [1.807, 2.05) is 0 Å². The lowest BCUT2D eigenvalue weighted by atomic mass is 10.2. The Morgan fingerprint density at radius 3 is 2.73 bits per heavy atom. The molecule has 0 spiro atoms. The number of methoxy groups -OCH3 is 1. The van der Waals surface area contributed by atoms with E-state index in [2.05, 4.69) is 19.9 Å². The second kappa shape index (κ2) is 8.83. The SMILES string of the molecule is CCS(=O)(=O)N(Cc1ncc(-c2nnc(C(F)F)o2)s1)c1cccc(C(=O)OC)c1. The molecule has 0 unspecified atom stereocenters. The molecule has 3 rings (SSSR count). The number of anilines is 1. The maximum absolute atomic E-state index is 12.7. The lowest BCUT2D eigenvalue weighted by Crippen LogP contribution is -2.32. The topological polar surface area (TPSA) is 115 Å². The van der Waals surface area contributed by atoms with Gasteiger partial charge in [-0.1, -0.05) is 6.07 Å². The predicted molar refractivity (Wildman–Crippen MR) is 104 cm³/mol. The number of halogens is 2. The Bertz CT molecular complexity index is 1150. The molecule has 2 heterocycles. The quantitative estimate of drug-likeness (QED) is 0.472. The largest absolute Gasteiger partial charge is 0.465 e. The first-order valence-corrected chi connectivity index (χ1v) is 10.9. The third kappa shape index (κ3) is 4.62. The molecule has 0 bridgehead atoms. The average Bonchev–Trinajstić information content (AvgIpc) is 3.41. The highest BCUT2D eigenvalue weighted by Gasteiger charge is 2.24. The second-order valence-electron chi connectivity index (χ2n) is 5.81. The van der Waals surface area contributed by atoms with E-state index in [4.69, 9.17) is 4.42 Å². The zero-order valence-corrected chi connectivity index (χ0v) is 17.4. The number of aromatic nitrogens is 3. The molecule has 0 radical (unpaired) electrons. The number of hydrogen-bond donors (Lipinski definition) is 0. The maximum atomic E-state index is 12.7. The number of carbonyl (C=O) groups excluding carboxylic acids is 1. The van der Waals surface area contributed by atoms with E-state index in [1.165, 1.54) is 38.4 Å². The highest BCUT2D eigenvalue weighted by Crippen LogP contribution is 2.30. The summed E-state index contributed by atoms with van der Waals surface area (Å²) in [6.07, 6.45) is -1.56. The van der Waals surface area contributed by atoms with Crippen molar-refractivity contribution in [2.45, 2.75) is 19.9 Å². The zero-order chi connectivity index (χ0) is 21.9. The molecule has 160 valence electrons. The van der Waals surface area contributed by atoms with E-state index in [9.17, 15) is 22.0 Å². The third-order valence-corrected chi connectivity index (χ3v) is 6.64. The van der Waals surface area contributed by atoms with Gasteiger partial charge in [0.1, 0.15) is 9.88 Å². The van der Waals surface area contributed by atoms with E-state index in [1.54, 1.807) is 6.07 Å². The molecular formula is C17H16F2N4O5S2. The molecule has 13 heteroatoms. The lowest BCUT2D eigenvalue weighted by molar-refractivity contribution is 0.0600. The molecule has 0 aliphatic heterocycles. The van der Waals surface area contributed by atoms with Crippen molar-refractivity contribution < 1.29 is 31.1 Å². The minimum absolute atomic E-state index is 0.133. The van der Waals surface area contributed by atoms with Gasteiger partial charge in [0.15, 0.2) is 0 Å². The number of carbonyl (C=O) groups is 1. The number of hydrogen-bond acceptors (Lipinski definition) is 9. The summed E-state index contributed by atoms with van der Waals surface area (Å²) in [6, 6.07) is 5.99. The molecule has 9 nitrogen and oxygen atoms in total. The number of ether oxygens (including phenoxy) is 1. The molecule has 0 aliphatic rings. The summed E-state index contributed by atoms with van der Waals surface area (Å²) < 4.78 is 61.3. The van der Waals surface area contributed by atoms with Crippen LogP contribution < -0.4 is 4.31 Å². The Balaban J connectivity index is 1.92. The first-order chi connectivity index (χ1) is 14.2. The third-order valence-electron chi connectivity index (χ3n) is 3.93. The van der Waals surface area contributed by atoms with Crippen LogP contribution in [0.4, 0.5) is 14.5 Å². The summed E-state index contributed by atoms with van der Waals surface area (Å²) in [6.45, 7) is 1.35. The van der Waals surface area contributed by atoms with Crippen molar-refractivity contribution in [3.63, 3.8) is 0 Å². The summed E-state index contributed by atoms with van der Waals surface area (Å²) in [5, 5.41) is 7.18. The molecule has 0 saturated carbocycles. The molecule has 1 aromatic carbocycles. The van der Waals surface area contributed by atoms with Crippen molar-refractivity contribution in [1.82, 2.24) is 15.2 Å². The number of rotatable bonds is 8. The molecule has 0 N–H and O–H groups in total. The number of esters is 1. The van der Waals surface area contributed by atoms with Gasteiger partial charge in [0.25, 0.3) is 11.8 Å². The molecule has 0 saturated heterocycles. The minimum atomic E-state index is -3.73. The van der Waals surface area contributed by atoms with E-state index in [0.717, 1.165) is 15.6 Å². The summed E-state index contributed by atoms with van der Waals surface area (Å²) >= 11 is 1.03. The Labute approximate surface area is 174 Å². The lowest BCUT2D eigenvalue weighted by Gasteiger charge is -2.23. The minimum Gasteiger partial charge on any atom is -0.465 e. The molecule has 0 amide bonds. The van der Waals surface area contributed by atoms with Gasteiger partial charge in [-0.3, -0.25) is 4.31 Å². The molecular weight excluding hydrogens is 442 g/mol. The number of sulfonamides is 1. The van der Waals surface area contributed by atoms with Crippen molar-refractivity contribution in [2.24, 2.45) is 0 Å². The van der Waals surface area contributed by atoms with Gasteiger partial charge in [-0.25, -0.2) is 18.2 Å². The molecule has 3 aromatic rings. The van der Waals surface area contributed by atoms with Crippen LogP contribution in [0.2, 0.25) is 0 Å². The smallest absolute Gasteiger partial charge is 0.337 e. The van der Waals surface area contributed by atoms with E-state index >= 15 is 0 Å². The van der Waals surface area contributed by atoms with Crippen LogP contribution in [0.5, 0.6) is 0 Å². The molecule has 0 atom stereocenters. The monoisotopic (exact) mass is 458 g/mol. The second-order valence-corrected chi connectivity index (χ2v) is 9.11. The van der Waals surface area contributed by atoms with Crippen molar-refractivity contribution in [3.05, 3.63) is 46.9 Å².